The van der Waals surface area contributed by atoms with Crippen molar-refractivity contribution < 1.29 is 30.9 Å². The smallest absolute Gasteiger partial charge is 0.432 e. The molecule has 0 fully saturated rings. The number of imidazole rings is 1. The summed E-state index contributed by atoms with van der Waals surface area (Å²) in [6, 6.07) is 6.30. The molecule has 3 aromatic rings. The molecular formula is C20H16F6N4OS. The van der Waals surface area contributed by atoms with Crippen LogP contribution in [-0.2, 0) is 17.4 Å². The summed E-state index contributed by atoms with van der Waals surface area (Å²) in [4.78, 5) is 4.53. The quantitative estimate of drug-likeness (QED) is 0.275. The molecule has 0 aliphatic carbocycles. The summed E-state index contributed by atoms with van der Waals surface area (Å²) in [7, 11) is 0. The predicted octanol–water partition coefficient (Wildman–Crippen LogP) is 5.66. The van der Waals surface area contributed by atoms with E-state index in [4.69, 9.17) is 5.41 Å². The Morgan fingerprint density at radius 3 is 2.53 bits per heavy atom. The van der Waals surface area contributed by atoms with E-state index in [9.17, 15) is 30.9 Å². The second-order valence-corrected chi connectivity index (χ2v) is 8.25. The van der Waals surface area contributed by atoms with Gasteiger partial charge in [0.15, 0.2) is 4.90 Å². The number of hydrogen-bond donors (Lipinski definition) is 2. The van der Waals surface area contributed by atoms with Crippen molar-refractivity contribution in [3.05, 3.63) is 60.6 Å². The summed E-state index contributed by atoms with van der Waals surface area (Å²) in [5.74, 6) is 0.233. The lowest BCUT2D eigenvalue weighted by molar-refractivity contribution is -0.137. The van der Waals surface area contributed by atoms with Gasteiger partial charge in [-0.1, -0.05) is 0 Å². The first-order valence-corrected chi connectivity index (χ1v) is 10.4. The maximum atomic E-state index is 13.0. The molecule has 0 amide bonds. The van der Waals surface area contributed by atoms with Crippen molar-refractivity contribution in [3.8, 4) is 11.3 Å². The van der Waals surface area contributed by atoms with E-state index in [1.54, 1.807) is 6.92 Å². The number of nitrogens with zero attached hydrogens (tertiary/aromatic N) is 2. The standard InChI is InChI=1S/C20H16F6N4OS/c1-2-32(31)16-10-13(28-7-5-17(27)20(24,25)26)3-4-14(16)15-11-30-8-6-12(19(21,22)23)9-18(30)29-15/h3-11,27-28H,2H2,1H3/b7-5-,27-17?. The Labute approximate surface area is 181 Å². The van der Waals surface area contributed by atoms with E-state index >= 15 is 0 Å². The molecule has 0 saturated carbocycles. The number of hydrogen-bond acceptors (Lipinski definition) is 4. The maximum absolute atomic E-state index is 13.0. The Balaban J connectivity index is 1.96. The first-order valence-electron chi connectivity index (χ1n) is 9.07. The zero-order valence-electron chi connectivity index (χ0n) is 16.4. The van der Waals surface area contributed by atoms with Gasteiger partial charge in [0, 0.05) is 30.3 Å². The van der Waals surface area contributed by atoms with Gasteiger partial charge in [-0.15, -0.1) is 0 Å². The van der Waals surface area contributed by atoms with Crippen LogP contribution in [0, 0.1) is 5.41 Å². The number of halogens is 6. The van der Waals surface area contributed by atoms with Crippen molar-refractivity contribution in [2.45, 2.75) is 24.2 Å². The number of rotatable bonds is 6. The Hall–Kier alpha value is -2.99. The molecule has 1 unspecified atom stereocenters. The molecule has 12 heteroatoms. The number of benzene rings is 1. The molecule has 0 aliphatic heterocycles. The number of pyridine rings is 1. The lowest BCUT2D eigenvalue weighted by atomic mass is 10.1. The molecule has 0 radical (unpaired) electrons. The Morgan fingerprint density at radius 2 is 1.91 bits per heavy atom. The van der Waals surface area contributed by atoms with E-state index in [2.05, 4.69) is 10.3 Å². The van der Waals surface area contributed by atoms with Crippen LogP contribution in [0.3, 0.4) is 0 Å². The van der Waals surface area contributed by atoms with Gasteiger partial charge < -0.3 is 14.3 Å². The number of anilines is 1. The van der Waals surface area contributed by atoms with Crippen LogP contribution in [0.2, 0.25) is 0 Å². The van der Waals surface area contributed by atoms with Crippen LogP contribution in [0.1, 0.15) is 12.5 Å². The van der Waals surface area contributed by atoms with Gasteiger partial charge in [0.2, 0.25) is 0 Å². The Morgan fingerprint density at radius 1 is 1.19 bits per heavy atom. The highest BCUT2D eigenvalue weighted by Crippen LogP contribution is 2.33. The summed E-state index contributed by atoms with van der Waals surface area (Å²) >= 11 is -1.50. The molecule has 0 saturated heterocycles. The van der Waals surface area contributed by atoms with E-state index in [0.717, 1.165) is 18.3 Å². The van der Waals surface area contributed by atoms with Gasteiger partial charge in [-0.05, 0) is 48.4 Å². The van der Waals surface area contributed by atoms with Crippen molar-refractivity contribution in [1.29, 1.82) is 5.41 Å². The fraction of sp³-hybridized carbons (Fsp3) is 0.200. The van der Waals surface area contributed by atoms with Crippen LogP contribution in [-0.4, -0.2) is 31.6 Å². The van der Waals surface area contributed by atoms with Gasteiger partial charge >= 0.3 is 12.4 Å². The third-order valence-electron chi connectivity index (χ3n) is 4.36. The lowest BCUT2D eigenvalue weighted by Gasteiger charge is -2.13. The maximum Gasteiger partial charge on any atom is 0.432 e. The molecule has 1 aromatic carbocycles. The highest BCUT2D eigenvalue weighted by Gasteiger charge is 2.32. The van der Waals surface area contributed by atoms with E-state index in [-0.39, 0.29) is 11.4 Å². The Kier molecular flexibility index (Phi) is 6.56. The highest BCUT2D eigenvalue weighted by atomic mass is 32.2. The minimum Gasteiger partial charge on any atom is -0.611 e. The van der Waals surface area contributed by atoms with Crippen molar-refractivity contribution >= 4 is 28.2 Å². The number of alkyl halides is 6. The van der Waals surface area contributed by atoms with Crippen molar-refractivity contribution in [2.75, 3.05) is 11.1 Å². The van der Waals surface area contributed by atoms with Crippen LogP contribution >= 0.6 is 0 Å². The monoisotopic (exact) mass is 474 g/mol. The van der Waals surface area contributed by atoms with E-state index in [1.165, 1.54) is 35.0 Å². The zero-order valence-corrected chi connectivity index (χ0v) is 17.2. The number of allylic oxidation sites excluding steroid dienone is 1. The second-order valence-electron chi connectivity index (χ2n) is 6.54. The topological polar surface area (TPSA) is 76.2 Å². The molecule has 1 atom stereocenters. The first kappa shape index (κ1) is 23.7. The average Bonchev–Trinajstić information content (AvgIpc) is 3.14. The number of aromatic nitrogens is 2. The van der Waals surface area contributed by atoms with Gasteiger partial charge in [-0.2, -0.15) is 26.3 Å². The minimum absolute atomic E-state index is 0.0545. The van der Waals surface area contributed by atoms with Gasteiger partial charge in [0.1, 0.15) is 17.1 Å². The fourth-order valence-electron chi connectivity index (χ4n) is 2.77. The van der Waals surface area contributed by atoms with Gasteiger partial charge in [0.25, 0.3) is 0 Å². The predicted molar refractivity (Wildman–Crippen MR) is 109 cm³/mol. The third-order valence-corrected chi connectivity index (χ3v) is 5.71. The van der Waals surface area contributed by atoms with Crippen molar-refractivity contribution in [1.82, 2.24) is 9.38 Å². The van der Waals surface area contributed by atoms with Crippen LogP contribution in [0.4, 0.5) is 32.0 Å². The SMILES string of the molecule is CC[S+]([O-])c1cc(N/C=C\C(=N)C(F)(F)F)ccc1-c1cn2ccc(C(F)(F)F)cc2n1. The van der Waals surface area contributed by atoms with Gasteiger partial charge in [-0.25, -0.2) is 4.98 Å². The zero-order chi connectivity index (χ0) is 23.7. The summed E-state index contributed by atoms with van der Waals surface area (Å²) in [6.07, 6.45) is -5.09. The molecule has 0 spiro atoms. The van der Waals surface area contributed by atoms with Crippen molar-refractivity contribution in [2.24, 2.45) is 0 Å². The summed E-state index contributed by atoms with van der Waals surface area (Å²) in [6.45, 7) is 1.67. The largest absolute Gasteiger partial charge is 0.611 e. The van der Waals surface area contributed by atoms with E-state index in [0.29, 0.717) is 27.9 Å². The molecule has 5 nitrogen and oxygen atoms in total. The molecule has 0 aliphatic rings. The van der Waals surface area contributed by atoms with Crippen LogP contribution < -0.4 is 5.32 Å². The summed E-state index contributed by atoms with van der Waals surface area (Å²) < 4.78 is 90.0. The van der Waals surface area contributed by atoms with Crippen LogP contribution in [0.25, 0.3) is 16.9 Å². The van der Waals surface area contributed by atoms with Gasteiger partial charge in [0.05, 0.1) is 16.8 Å². The molecule has 2 N–H and O–H groups in total. The van der Waals surface area contributed by atoms with Crippen LogP contribution in [0.5, 0.6) is 0 Å². The van der Waals surface area contributed by atoms with Gasteiger partial charge in [-0.3, -0.25) is 5.41 Å². The first-order chi connectivity index (χ1) is 14.9. The third kappa shape index (κ3) is 5.25. The lowest BCUT2D eigenvalue weighted by Crippen LogP contribution is -2.19. The molecule has 170 valence electrons. The molecule has 32 heavy (non-hydrogen) atoms. The average molecular weight is 474 g/mol. The summed E-state index contributed by atoms with van der Waals surface area (Å²) in [5, 5.41) is 9.51. The van der Waals surface area contributed by atoms with Crippen molar-refractivity contribution in [3.63, 3.8) is 0 Å². The Bertz CT molecular complexity index is 1170. The van der Waals surface area contributed by atoms with E-state index < -0.39 is 34.8 Å². The molecule has 2 aromatic heterocycles. The number of nitrogens with one attached hydrogen (secondary N) is 2. The highest BCUT2D eigenvalue weighted by molar-refractivity contribution is 7.91. The normalized spacial score (nSPS) is 13.6. The van der Waals surface area contributed by atoms with Crippen LogP contribution in [0.15, 0.2) is 59.9 Å². The molecular weight excluding hydrogens is 458 g/mol. The number of fused-ring (bicyclic) bond motifs is 1. The summed E-state index contributed by atoms with van der Waals surface area (Å²) in [5.41, 5.74) is -1.31. The fourth-order valence-corrected chi connectivity index (χ4v) is 3.76. The molecule has 3 rings (SSSR count). The second kappa shape index (κ2) is 8.87. The molecule has 2 heterocycles. The minimum atomic E-state index is -4.77. The molecule has 0 bridgehead atoms. The van der Waals surface area contributed by atoms with E-state index in [1.807, 2.05) is 0 Å².